The van der Waals surface area contributed by atoms with E-state index in [9.17, 15) is 0 Å². The maximum atomic E-state index is 5.46. The third kappa shape index (κ3) is 40.4. The number of aryl methyl sites for hydroxylation is 19. The Balaban J connectivity index is 0. The second kappa shape index (κ2) is 69.5. The van der Waals surface area contributed by atoms with E-state index in [-0.39, 0.29) is 12.1 Å². The van der Waals surface area contributed by atoms with E-state index in [1.165, 1.54) is 53.8 Å². The molecule has 16 heterocycles. The Morgan fingerprint density at radius 3 is 1.44 bits per heavy atom. The first-order valence-electron chi connectivity index (χ1n) is 48.3. The molecular formula is C110H167N21O2S2. The van der Waals surface area contributed by atoms with Crippen LogP contribution in [-0.2, 0) is 32.9 Å². The van der Waals surface area contributed by atoms with Crippen LogP contribution in [0, 0.1) is 104 Å². The van der Waals surface area contributed by atoms with Gasteiger partial charge in [0.15, 0.2) is 40.0 Å². The highest BCUT2D eigenvalue weighted by atomic mass is 32.1. The molecule has 2 atom stereocenters. The Kier molecular flexibility index (Phi) is 64.2. The molecule has 0 saturated heterocycles. The number of oxazole rings is 1. The van der Waals surface area contributed by atoms with E-state index >= 15 is 0 Å². The molecule has 2 aliphatic rings. The number of fused-ring (bicyclic) bond motifs is 10. The fourth-order valence-corrected chi connectivity index (χ4v) is 13.6. The minimum Gasteiger partial charge on any atom is -0.471 e. The quantitative estimate of drug-likeness (QED) is 0.137. The molecule has 1 aliphatic heterocycles. The van der Waals surface area contributed by atoms with Crippen molar-refractivity contribution in [2.75, 3.05) is 0 Å². The smallest absolute Gasteiger partial charge is 0.233 e. The predicted octanol–water partition coefficient (Wildman–Crippen LogP) is 31.0. The summed E-state index contributed by atoms with van der Waals surface area (Å²) in [6, 6.07) is 35.2. The van der Waals surface area contributed by atoms with E-state index in [1.807, 2.05) is 363 Å². The molecule has 25 heteroatoms. The van der Waals surface area contributed by atoms with E-state index in [0.717, 1.165) is 118 Å². The largest absolute Gasteiger partial charge is 0.471 e. The van der Waals surface area contributed by atoms with Crippen LogP contribution in [0.1, 0.15) is 264 Å². The van der Waals surface area contributed by atoms with Crippen molar-refractivity contribution in [2.24, 2.45) is 33.2 Å². The number of thiazole rings is 2. The predicted molar refractivity (Wildman–Crippen MR) is 587 cm³/mol. The van der Waals surface area contributed by atoms with Crippen molar-refractivity contribution >= 4 is 116 Å². The van der Waals surface area contributed by atoms with Gasteiger partial charge >= 0.3 is 0 Å². The molecule has 0 fully saturated rings. The van der Waals surface area contributed by atoms with Gasteiger partial charge in [0, 0.05) is 110 Å². The number of pyridine rings is 5. The second-order valence-electron chi connectivity index (χ2n) is 27.5. The van der Waals surface area contributed by atoms with Crippen LogP contribution in [-0.4, -0.2) is 115 Å². The normalized spacial score (nSPS) is 11.3. The number of rotatable bonds is 0. The molecule has 736 valence electrons. The van der Waals surface area contributed by atoms with Crippen LogP contribution >= 0.6 is 22.7 Å². The van der Waals surface area contributed by atoms with Gasteiger partial charge in [0.05, 0.1) is 47.0 Å². The Morgan fingerprint density at radius 1 is 0.341 bits per heavy atom. The van der Waals surface area contributed by atoms with Gasteiger partial charge in [-0.15, -0.1) is 22.7 Å². The Bertz CT molecular complexity index is 6020. The van der Waals surface area contributed by atoms with Gasteiger partial charge in [0.2, 0.25) is 5.78 Å². The van der Waals surface area contributed by atoms with Crippen LogP contribution in [0.2, 0.25) is 0 Å². The zero-order chi connectivity index (χ0) is 103. The standard InChI is InChI=1S/2C10H12N2.C9H11N3.C9H11NO.C9H9NS.C8H9N3.C8H8N2O.C8H8N2S.C8H8N2.C7H7N3.12C2H6/c1-7-4-5-10-9(6-7)11-8(2)12(10)3;1-7-4-5-9-10(6-7)12(3)8(2)11-9;1-6-4-5-8-9(10-6)12(3)7(2)11-8;2*1-6-3-4-8-9(5-6)11-7(2)10-8;1-6-10-7-4-3-5-9-8(7)11(6)2;2*1-5-3-7-8(9-4-5)10-6(2)11-7;1-7-2-3-8-9-4-5-10(8)6-7;1-6-4-9-7-8-2-3-10(7)5-6;12*1-2/h2*4-6H,1-3H3;4-5H,1-3H3;3-5,8-9H,1-2H3;2*3-5H,1-2H3;2*3-4H,1-2H3;2-6H,1H3;2-5H,1H3;12*1-2H3. The third-order valence-electron chi connectivity index (χ3n) is 18.0. The van der Waals surface area contributed by atoms with Crippen molar-refractivity contribution in [3.63, 3.8) is 0 Å². The van der Waals surface area contributed by atoms with Crippen molar-refractivity contribution in [1.29, 1.82) is 0 Å². The van der Waals surface area contributed by atoms with Crippen molar-refractivity contribution in [1.82, 2.24) is 96.8 Å². The van der Waals surface area contributed by atoms with E-state index in [2.05, 4.69) is 210 Å². The molecule has 3 aromatic carbocycles. The maximum absolute atomic E-state index is 5.46. The molecule has 0 saturated carbocycles. The topological polar surface area (TPSA) is 244 Å². The fourth-order valence-electron chi connectivity index (χ4n) is 11.8. The summed E-state index contributed by atoms with van der Waals surface area (Å²) in [5.74, 6) is 6.35. The molecule has 15 aromatic heterocycles. The fraction of sp³-hybridized carbons (Fsp3) is 0.427. The maximum Gasteiger partial charge on any atom is 0.233 e. The summed E-state index contributed by atoms with van der Waals surface area (Å²) in [5.41, 5.74) is 23.7. The first kappa shape index (κ1) is 125. The van der Waals surface area contributed by atoms with E-state index in [4.69, 9.17) is 9.15 Å². The zero-order valence-corrected chi connectivity index (χ0v) is 92.6. The Hall–Kier alpha value is -12.4. The van der Waals surface area contributed by atoms with E-state index in [1.54, 1.807) is 47.5 Å². The summed E-state index contributed by atoms with van der Waals surface area (Å²) >= 11 is 3.45. The van der Waals surface area contributed by atoms with Gasteiger partial charge in [-0.25, -0.2) is 69.8 Å². The van der Waals surface area contributed by atoms with Crippen LogP contribution in [0.4, 0.5) is 0 Å². The molecule has 23 nitrogen and oxygen atoms in total. The van der Waals surface area contributed by atoms with Crippen LogP contribution in [0.5, 0.6) is 0 Å². The minimum atomic E-state index is 0.167. The van der Waals surface area contributed by atoms with Crippen LogP contribution in [0.3, 0.4) is 0 Å². The average molecular weight is 1880 g/mol. The highest BCUT2D eigenvalue weighted by Crippen LogP contribution is 2.25. The highest BCUT2D eigenvalue weighted by Gasteiger charge is 2.27. The molecule has 0 N–H and O–H groups in total. The number of allylic oxidation sites excluding steroid dienone is 2. The van der Waals surface area contributed by atoms with Gasteiger partial charge in [0.1, 0.15) is 52.1 Å². The van der Waals surface area contributed by atoms with E-state index < -0.39 is 0 Å². The monoisotopic (exact) mass is 1880 g/mol. The summed E-state index contributed by atoms with van der Waals surface area (Å²) in [6.45, 7) is 82.2. The first-order chi connectivity index (χ1) is 65.1. The molecule has 2 unspecified atom stereocenters. The number of aliphatic imine (C=N–C) groups is 1. The van der Waals surface area contributed by atoms with Crippen LogP contribution in [0.25, 0.3) is 87.6 Å². The lowest BCUT2D eigenvalue weighted by Crippen LogP contribution is -2.20. The lowest BCUT2D eigenvalue weighted by atomic mass is 10.0. The number of ether oxygens (including phenoxy) is 1. The Labute approximate surface area is 818 Å². The molecule has 0 bridgehead atoms. The van der Waals surface area contributed by atoms with Crippen LogP contribution in [0.15, 0.2) is 198 Å². The summed E-state index contributed by atoms with van der Waals surface area (Å²) in [5, 5.41) is 2.23. The van der Waals surface area contributed by atoms with Gasteiger partial charge in [-0.2, -0.15) is 4.98 Å². The number of imidazole rings is 6. The molecule has 135 heavy (non-hydrogen) atoms. The number of nitrogens with zero attached hydrogens (tertiary/aromatic N) is 21. The van der Waals surface area contributed by atoms with Crippen molar-refractivity contribution in [3.8, 4) is 0 Å². The van der Waals surface area contributed by atoms with Crippen LogP contribution < -0.4 is 0 Å². The summed E-state index contributed by atoms with van der Waals surface area (Å²) in [6.07, 6.45) is 25.1. The van der Waals surface area contributed by atoms with Crippen molar-refractivity contribution < 1.29 is 9.15 Å². The number of hydrogen-bond donors (Lipinski definition) is 0. The van der Waals surface area contributed by atoms with E-state index in [0.29, 0.717) is 11.5 Å². The molecule has 0 amide bonds. The number of hydrogen-bond acceptors (Lipinski definition) is 19. The van der Waals surface area contributed by atoms with Gasteiger partial charge in [-0.05, 0) is 228 Å². The van der Waals surface area contributed by atoms with Gasteiger partial charge in [0.25, 0.3) is 0 Å². The van der Waals surface area contributed by atoms with Crippen molar-refractivity contribution in [3.05, 3.63) is 273 Å². The molecule has 18 aromatic rings. The average Bonchev–Trinajstić information content (AvgIpc) is 1.68. The van der Waals surface area contributed by atoms with Gasteiger partial charge < -0.3 is 31.8 Å². The number of benzene rings is 3. The molecule has 20 rings (SSSR count). The lowest BCUT2D eigenvalue weighted by Gasteiger charge is -2.14. The SMILES string of the molecule is CC.CC.CC.CC.CC.CC.CC.CC.CC.CC.CC.CC.CC1=CC2OC(C)=NC2C=C1.Cc1ccc2c(c1)nc(C)n2C.Cc1ccc2nc(C)n(C)c2c1.Cc1ccc2nc(C)n(C)c2n1.Cc1ccc2nc(C)sc2c1.Cc1ccc2nccn2c1.Cc1cnc2nc(C)oc2c1.Cc1cnc2nc(C)sc2c1.Cc1cnc2nccn2c1.Cc1nc2cccnc2n1C. The van der Waals surface area contributed by atoms with Gasteiger partial charge in [-0.3, -0.25) is 4.40 Å². The molecule has 0 spiro atoms. The minimum absolute atomic E-state index is 0.167. The Morgan fingerprint density at radius 2 is 0.815 bits per heavy atom. The number of aromatic nitrogens is 20. The molecule has 1 aliphatic carbocycles. The molecule has 0 radical (unpaired) electrons. The van der Waals surface area contributed by atoms with Gasteiger partial charge in [-0.1, -0.05) is 208 Å². The zero-order valence-electron chi connectivity index (χ0n) is 91.0. The second-order valence-corrected chi connectivity index (χ2v) is 30.0. The summed E-state index contributed by atoms with van der Waals surface area (Å²) in [4.78, 5) is 63.7. The highest BCUT2D eigenvalue weighted by molar-refractivity contribution is 7.18. The first-order valence-corrected chi connectivity index (χ1v) is 50.0. The van der Waals surface area contributed by atoms with Crippen molar-refractivity contribution in [2.45, 2.75) is 296 Å². The lowest BCUT2D eigenvalue weighted by molar-refractivity contribution is 0.251. The summed E-state index contributed by atoms with van der Waals surface area (Å²) in [7, 11) is 8.04. The molecular weight excluding hydrogens is 1710 g/mol. The third-order valence-corrected chi connectivity index (χ3v) is 19.8. The summed E-state index contributed by atoms with van der Waals surface area (Å²) < 4.78 is 25.3.